The lowest BCUT2D eigenvalue weighted by Crippen LogP contribution is -2.44. The molecule has 2 heterocycles. The molecule has 0 aliphatic heterocycles. The summed E-state index contributed by atoms with van der Waals surface area (Å²) in [6.45, 7) is 1.32. The molecule has 4 rings (SSSR count). The van der Waals surface area contributed by atoms with Crippen molar-refractivity contribution >= 4 is 0 Å². The second-order valence-electron chi connectivity index (χ2n) is 7.47. The average molecular weight is 419 g/mol. The Hall–Kier alpha value is -3.68. The molecule has 4 aromatic rings. The molecule has 2 aromatic heterocycles. The van der Waals surface area contributed by atoms with Crippen molar-refractivity contribution in [3.63, 3.8) is 0 Å². The van der Waals surface area contributed by atoms with Gasteiger partial charge in [0.2, 0.25) is 11.4 Å². The van der Waals surface area contributed by atoms with Crippen LogP contribution in [0.2, 0.25) is 0 Å². The molecule has 0 atom stereocenters. The molecule has 0 spiro atoms. The summed E-state index contributed by atoms with van der Waals surface area (Å²) in [5.74, 6) is 0. The van der Waals surface area contributed by atoms with Crippen molar-refractivity contribution in [3.8, 4) is 0 Å². The van der Waals surface area contributed by atoms with Crippen molar-refractivity contribution in [1.29, 1.82) is 10.8 Å². The molecule has 0 aliphatic rings. The maximum absolute atomic E-state index is 8.05. The SMILES string of the molecule is N=c1o[n-][n+](CCc2ccccc2)c1CCCc1c(=N)o[n-][n+]1CCc1ccccc1. The van der Waals surface area contributed by atoms with E-state index in [-0.39, 0.29) is 11.1 Å². The highest BCUT2D eigenvalue weighted by Crippen LogP contribution is 2.02. The minimum atomic E-state index is 0.0985. The molecule has 0 saturated heterocycles. The fourth-order valence-electron chi connectivity index (χ4n) is 3.64. The predicted molar refractivity (Wildman–Crippen MR) is 108 cm³/mol. The Balaban J connectivity index is 1.36. The van der Waals surface area contributed by atoms with Gasteiger partial charge in [-0.25, -0.2) is 9.36 Å². The van der Waals surface area contributed by atoms with E-state index in [9.17, 15) is 0 Å². The highest BCUT2D eigenvalue weighted by atomic mass is 16.5. The first kappa shape index (κ1) is 20.6. The normalized spacial score (nSPS) is 11.1. The van der Waals surface area contributed by atoms with Gasteiger partial charge in [0.05, 0.1) is 0 Å². The number of hydrogen-bond donors (Lipinski definition) is 2. The third kappa shape index (κ3) is 5.28. The number of aromatic nitrogens is 4. The molecule has 0 amide bonds. The smallest absolute Gasteiger partial charge is 0.268 e. The van der Waals surface area contributed by atoms with Crippen LogP contribution in [0.3, 0.4) is 0 Å². The quantitative estimate of drug-likeness (QED) is 0.374. The van der Waals surface area contributed by atoms with Crippen LogP contribution in [0.1, 0.15) is 28.9 Å². The van der Waals surface area contributed by atoms with E-state index in [0.717, 1.165) is 30.7 Å². The standard InChI is InChI=1S/C23H26N6O2/c24-22-20(28(26-30-22)16-14-18-8-3-1-4-9-18)12-7-13-21-23(25)31-27-29(21)17-15-19-10-5-2-6-11-19/h1-6,8-11,24-25H,7,12-17H2. The van der Waals surface area contributed by atoms with Crippen molar-refractivity contribution in [2.75, 3.05) is 0 Å². The Morgan fingerprint density at radius 2 is 1.03 bits per heavy atom. The van der Waals surface area contributed by atoms with Crippen LogP contribution in [0.5, 0.6) is 0 Å². The fraction of sp³-hybridized carbons (Fsp3) is 0.304. The predicted octanol–water partition coefficient (Wildman–Crippen LogP) is 0.982. The molecule has 0 saturated carbocycles. The molecule has 0 fully saturated rings. The third-order valence-corrected chi connectivity index (χ3v) is 5.35. The van der Waals surface area contributed by atoms with Gasteiger partial charge in [-0.15, -0.1) is 0 Å². The summed E-state index contributed by atoms with van der Waals surface area (Å²) in [6.07, 6.45) is 3.68. The lowest BCUT2D eigenvalue weighted by Gasteiger charge is -2.04. The molecule has 0 aliphatic carbocycles. The Kier molecular flexibility index (Phi) is 6.56. The first-order valence-electron chi connectivity index (χ1n) is 10.5. The van der Waals surface area contributed by atoms with Crippen molar-refractivity contribution in [3.05, 3.63) is 94.3 Å². The molecular formula is C23H26N6O2. The number of nitrogens with zero attached hydrogens (tertiary/aromatic N) is 4. The Bertz CT molecular complexity index is 1110. The summed E-state index contributed by atoms with van der Waals surface area (Å²) >= 11 is 0. The van der Waals surface area contributed by atoms with Gasteiger partial charge in [-0.1, -0.05) is 60.7 Å². The van der Waals surface area contributed by atoms with E-state index in [4.69, 9.17) is 19.9 Å². The maximum Gasteiger partial charge on any atom is 0.268 e. The molecule has 2 N–H and O–H groups in total. The molecular weight excluding hydrogens is 392 g/mol. The van der Waals surface area contributed by atoms with E-state index >= 15 is 0 Å². The first-order chi connectivity index (χ1) is 15.2. The summed E-state index contributed by atoms with van der Waals surface area (Å²) < 4.78 is 13.8. The third-order valence-electron chi connectivity index (χ3n) is 5.35. The maximum atomic E-state index is 8.05. The van der Waals surface area contributed by atoms with Gasteiger partial charge in [-0.2, -0.15) is 0 Å². The summed E-state index contributed by atoms with van der Waals surface area (Å²) in [5, 5.41) is 24.2. The summed E-state index contributed by atoms with van der Waals surface area (Å²) in [5.41, 5.74) is 4.18. The van der Waals surface area contributed by atoms with Crippen LogP contribution in [0, 0.1) is 10.8 Å². The monoisotopic (exact) mass is 418 g/mol. The first-order valence-corrected chi connectivity index (χ1v) is 10.5. The van der Waals surface area contributed by atoms with Gasteiger partial charge in [-0.3, -0.25) is 21.4 Å². The van der Waals surface area contributed by atoms with Crippen LogP contribution in [-0.4, -0.2) is 0 Å². The van der Waals surface area contributed by atoms with E-state index in [2.05, 4.69) is 34.8 Å². The Morgan fingerprint density at radius 1 is 0.613 bits per heavy atom. The summed E-state index contributed by atoms with van der Waals surface area (Å²) in [6, 6.07) is 20.4. The van der Waals surface area contributed by atoms with Gasteiger partial charge in [-0.05, 0) is 17.5 Å². The topological polar surface area (TPSA) is 110 Å². The van der Waals surface area contributed by atoms with Crippen LogP contribution in [0.15, 0.2) is 69.7 Å². The van der Waals surface area contributed by atoms with Crippen LogP contribution < -0.4 is 31.0 Å². The largest absolute Gasteiger partial charge is 0.487 e. The second-order valence-corrected chi connectivity index (χ2v) is 7.47. The zero-order valence-electron chi connectivity index (χ0n) is 17.3. The number of hydrogen-bond acceptors (Lipinski definition) is 4. The Labute approximate surface area is 179 Å². The minimum absolute atomic E-state index is 0.0985. The lowest BCUT2D eigenvalue weighted by atomic mass is 10.1. The molecule has 31 heavy (non-hydrogen) atoms. The minimum Gasteiger partial charge on any atom is -0.487 e. The fourth-order valence-corrected chi connectivity index (χ4v) is 3.64. The molecule has 8 nitrogen and oxygen atoms in total. The van der Waals surface area contributed by atoms with Gasteiger partial charge < -0.3 is 9.05 Å². The van der Waals surface area contributed by atoms with Crippen LogP contribution in [-0.2, 0) is 38.8 Å². The van der Waals surface area contributed by atoms with Gasteiger partial charge >= 0.3 is 0 Å². The highest BCUT2D eigenvalue weighted by Gasteiger charge is 2.16. The Morgan fingerprint density at radius 3 is 1.45 bits per heavy atom. The number of aryl methyl sites for hydroxylation is 4. The van der Waals surface area contributed by atoms with Gasteiger partial charge in [0.25, 0.3) is 11.1 Å². The molecule has 0 radical (unpaired) electrons. The number of benzene rings is 2. The molecule has 0 unspecified atom stereocenters. The van der Waals surface area contributed by atoms with E-state index in [1.54, 1.807) is 9.36 Å². The van der Waals surface area contributed by atoms with Gasteiger partial charge in [0.15, 0.2) is 0 Å². The van der Waals surface area contributed by atoms with E-state index < -0.39 is 0 Å². The van der Waals surface area contributed by atoms with Crippen LogP contribution >= 0.6 is 0 Å². The van der Waals surface area contributed by atoms with Crippen LogP contribution in [0.25, 0.3) is 0 Å². The zero-order chi connectivity index (χ0) is 21.5. The number of rotatable bonds is 10. The molecule has 8 heteroatoms. The average Bonchev–Trinajstić information content (AvgIpc) is 3.34. The van der Waals surface area contributed by atoms with Gasteiger partial charge in [0.1, 0.15) is 13.1 Å². The highest BCUT2D eigenvalue weighted by molar-refractivity contribution is 5.14. The molecule has 160 valence electrons. The van der Waals surface area contributed by atoms with E-state index in [1.807, 2.05) is 36.4 Å². The van der Waals surface area contributed by atoms with E-state index in [0.29, 0.717) is 25.9 Å². The molecule has 2 aromatic carbocycles. The summed E-state index contributed by atoms with van der Waals surface area (Å²) in [7, 11) is 0. The van der Waals surface area contributed by atoms with Crippen molar-refractivity contribution in [2.45, 2.75) is 45.2 Å². The zero-order valence-corrected chi connectivity index (χ0v) is 17.3. The lowest BCUT2D eigenvalue weighted by molar-refractivity contribution is -0.774. The van der Waals surface area contributed by atoms with Crippen molar-refractivity contribution in [2.24, 2.45) is 0 Å². The molecule has 0 bridgehead atoms. The second kappa shape index (κ2) is 9.88. The van der Waals surface area contributed by atoms with Gasteiger partial charge in [0, 0.05) is 25.7 Å². The van der Waals surface area contributed by atoms with Crippen LogP contribution in [0.4, 0.5) is 0 Å². The van der Waals surface area contributed by atoms with Crippen molar-refractivity contribution < 1.29 is 18.4 Å². The number of nitrogens with one attached hydrogen (secondary N) is 2. The van der Waals surface area contributed by atoms with E-state index in [1.165, 1.54) is 11.1 Å². The summed E-state index contributed by atoms with van der Waals surface area (Å²) in [4.78, 5) is 0. The van der Waals surface area contributed by atoms with Crippen molar-refractivity contribution in [1.82, 2.24) is 10.5 Å².